The van der Waals surface area contributed by atoms with Crippen molar-refractivity contribution in [1.29, 1.82) is 0 Å². The first kappa shape index (κ1) is 25.4. The number of halogens is 1. The maximum Gasteiger partial charge on any atom is 0.245 e. The Labute approximate surface area is 212 Å². The third-order valence-corrected chi connectivity index (χ3v) is 7.51. The van der Waals surface area contributed by atoms with Gasteiger partial charge in [-0.1, -0.05) is 49.6 Å². The van der Waals surface area contributed by atoms with Gasteiger partial charge in [0, 0.05) is 50.2 Å². The molecule has 4 rings (SSSR count). The molecular weight excluding hydrogens is 464 g/mol. The molecule has 0 bridgehead atoms. The number of nitrogens with one attached hydrogen (secondary N) is 1. The van der Waals surface area contributed by atoms with Crippen LogP contribution in [0.1, 0.15) is 37.7 Å². The first-order valence-electron chi connectivity index (χ1n) is 12.6. The lowest BCUT2D eigenvalue weighted by molar-refractivity contribution is -0.137. The molecule has 1 aromatic heterocycles. The minimum atomic E-state index is -0.633. The predicted octanol–water partition coefficient (Wildman–Crippen LogP) is 2.94. The number of carbonyl (C=O) groups is 2. The molecule has 2 fully saturated rings. The van der Waals surface area contributed by atoms with Crippen molar-refractivity contribution in [1.82, 2.24) is 29.9 Å². The average molecular weight is 499 g/mol. The van der Waals surface area contributed by atoms with Crippen LogP contribution in [0.3, 0.4) is 0 Å². The largest absolute Gasteiger partial charge is 0.340 e. The van der Waals surface area contributed by atoms with Gasteiger partial charge in [0.1, 0.15) is 18.7 Å². The van der Waals surface area contributed by atoms with E-state index in [-0.39, 0.29) is 11.8 Å². The molecule has 188 valence electrons. The minimum Gasteiger partial charge on any atom is -0.340 e. The lowest BCUT2D eigenvalue weighted by Gasteiger charge is -2.42. The summed E-state index contributed by atoms with van der Waals surface area (Å²) < 4.78 is 1.95. The molecule has 2 aromatic rings. The highest BCUT2D eigenvalue weighted by atomic mass is 35.5. The van der Waals surface area contributed by atoms with E-state index in [0.717, 1.165) is 25.2 Å². The third kappa shape index (κ3) is 6.92. The van der Waals surface area contributed by atoms with Crippen LogP contribution in [0.4, 0.5) is 0 Å². The summed E-state index contributed by atoms with van der Waals surface area (Å²) in [5.41, 5.74) is 0.949. The molecule has 9 heteroatoms. The van der Waals surface area contributed by atoms with Gasteiger partial charge in [-0.05, 0) is 42.5 Å². The Hall–Kier alpha value is -2.71. The van der Waals surface area contributed by atoms with Crippen molar-refractivity contribution >= 4 is 23.4 Å². The van der Waals surface area contributed by atoms with Crippen LogP contribution < -0.4 is 5.32 Å². The van der Waals surface area contributed by atoms with Gasteiger partial charge in [0.2, 0.25) is 11.8 Å². The number of hydrogen-bond donors (Lipinski definition) is 1. The molecule has 2 unspecified atom stereocenters. The Balaban J connectivity index is 1.39. The van der Waals surface area contributed by atoms with E-state index in [1.807, 2.05) is 21.7 Å². The van der Waals surface area contributed by atoms with Crippen molar-refractivity contribution in [2.24, 2.45) is 5.92 Å². The van der Waals surface area contributed by atoms with Gasteiger partial charge < -0.3 is 10.2 Å². The fourth-order valence-electron chi connectivity index (χ4n) is 5.41. The SMILES string of the molecule is C=CC(=O)N[C@H](Cc1ccc(Cl)cc1)C(=O)N1CCN(C2CCCCCC2Cn2cncn2)CC1. The molecule has 1 saturated carbocycles. The summed E-state index contributed by atoms with van der Waals surface area (Å²) in [4.78, 5) is 34.1. The van der Waals surface area contributed by atoms with Crippen molar-refractivity contribution in [2.75, 3.05) is 26.2 Å². The Morgan fingerprint density at radius 3 is 2.54 bits per heavy atom. The van der Waals surface area contributed by atoms with E-state index in [2.05, 4.69) is 26.9 Å². The number of amides is 2. The molecule has 1 saturated heterocycles. The molecule has 8 nitrogen and oxygen atoms in total. The first-order valence-corrected chi connectivity index (χ1v) is 12.9. The van der Waals surface area contributed by atoms with Gasteiger partial charge >= 0.3 is 0 Å². The number of carbonyl (C=O) groups excluding carboxylic acids is 2. The summed E-state index contributed by atoms with van der Waals surface area (Å²) >= 11 is 6.01. The van der Waals surface area contributed by atoms with Crippen molar-refractivity contribution in [3.05, 3.63) is 60.2 Å². The highest BCUT2D eigenvalue weighted by Gasteiger charge is 2.34. The lowest BCUT2D eigenvalue weighted by atomic mass is 9.92. The third-order valence-electron chi connectivity index (χ3n) is 7.26. The fraction of sp³-hybridized carbons (Fsp3) is 0.538. The highest BCUT2D eigenvalue weighted by Crippen LogP contribution is 2.29. The molecular formula is C26H35ClN6O2. The smallest absolute Gasteiger partial charge is 0.245 e. The van der Waals surface area contributed by atoms with E-state index in [0.29, 0.717) is 36.5 Å². The van der Waals surface area contributed by atoms with E-state index in [9.17, 15) is 9.59 Å². The number of piperazine rings is 1. The van der Waals surface area contributed by atoms with Crippen molar-refractivity contribution in [3.63, 3.8) is 0 Å². The van der Waals surface area contributed by atoms with Gasteiger partial charge in [-0.2, -0.15) is 5.10 Å². The molecule has 2 amide bonds. The Morgan fingerprint density at radius 2 is 1.86 bits per heavy atom. The second-order valence-electron chi connectivity index (χ2n) is 9.54. The first-order chi connectivity index (χ1) is 17.0. The zero-order valence-electron chi connectivity index (χ0n) is 20.2. The zero-order valence-corrected chi connectivity index (χ0v) is 20.9. The van der Waals surface area contributed by atoms with Crippen molar-refractivity contribution in [2.45, 2.75) is 57.2 Å². The fourth-order valence-corrected chi connectivity index (χ4v) is 5.53. The Kier molecular flexibility index (Phi) is 8.93. The normalized spacial score (nSPS) is 22.3. The van der Waals surface area contributed by atoms with Crippen LogP contribution in [0.25, 0.3) is 0 Å². The summed E-state index contributed by atoms with van der Waals surface area (Å²) in [5, 5.41) is 7.80. The topological polar surface area (TPSA) is 83.4 Å². The minimum absolute atomic E-state index is 0.0465. The molecule has 2 heterocycles. The maximum absolute atomic E-state index is 13.4. The van der Waals surface area contributed by atoms with Crippen LogP contribution in [-0.4, -0.2) is 74.6 Å². The molecule has 1 N–H and O–H groups in total. The summed E-state index contributed by atoms with van der Waals surface area (Å²) in [5.74, 6) is 0.145. The average Bonchev–Trinajstić information content (AvgIpc) is 3.28. The van der Waals surface area contributed by atoms with Crippen molar-refractivity contribution in [3.8, 4) is 0 Å². The lowest BCUT2D eigenvalue weighted by Crippen LogP contribution is -2.57. The van der Waals surface area contributed by atoms with Crippen molar-refractivity contribution < 1.29 is 9.59 Å². The van der Waals surface area contributed by atoms with E-state index in [1.54, 1.807) is 24.8 Å². The monoisotopic (exact) mass is 498 g/mol. The van der Waals surface area contributed by atoms with E-state index in [4.69, 9.17) is 11.6 Å². The van der Waals surface area contributed by atoms with Crippen LogP contribution in [0, 0.1) is 5.92 Å². The number of hydrogen-bond acceptors (Lipinski definition) is 5. The second-order valence-corrected chi connectivity index (χ2v) is 9.98. The predicted molar refractivity (Wildman–Crippen MR) is 136 cm³/mol. The van der Waals surface area contributed by atoms with E-state index < -0.39 is 6.04 Å². The number of rotatable bonds is 8. The summed E-state index contributed by atoms with van der Waals surface area (Å²) in [6, 6.07) is 7.24. The van der Waals surface area contributed by atoms with Crippen LogP contribution in [0.15, 0.2) is 49.6 Å². The quantitative estimate of drug-likeness (QED) is 0.447. The van der Waals surface area contributed by atoms with Crippen LogP contribution in [-0.2, 0) is 22.6 Å². The summed E-state index contributed by atoms with van der Waals surface area (Å²) in [6.07, 6.45) is 11.2. The molecule has 3 atom stereocenters. The van der Waals surface area contributed by atoms with E-state index >= 15 is 0 Å². The molecule has 35 heavy (non-hydrogen) atoms. The van der Waals surface area contributed by atoms with Gasteiger partial charge in [0.15, 0.2) is 0 Å². The molecule has 2 aliphatic rings. The van der Waals surface area contributed by atoms with Gasteiger partial charge in [-0.15, -0.1) is 0 Å². The van der Waals surface area contributed by atoms with Gasteiger partial charge in [-0.25, -0.2) is 4.98 Å². The molecule has 0 radical (unpaired) electrons. The summed E-state index contributed by atoms with van der Waals surface area (Å²) in [6.45, 7) is 7.42. The molecule has 0 spiro atoms. The second kappa shape index (κ2) is 12.3. The summed E-state index contributed by atoms with van der Waals surface area (Å²) in [7, 11) is 0. The maximum atomic E-state index is 13.4. The van der Waals surface area contributed by atoms with Crippen LogP contribution in [0.2, 0.25) is 5.02 Å². The zero-order chi connectivity index (χ0) is 24.6. The van der Waals surface area contributed by atoms with Gasteiger partial charge in [0.05, 0.1) is 0 Å². The Bertz CT molecular complexity index is 972. The molecule has 1 aromatic carbocycles. The standard InChI is InChI=1S/C26H35ClN6O2/c1-2-25(34)30-23(16-20-8-10-22(27)11-9-20)26(35)32-14-12-31(13-15-32)24-7-5-3-4-6-21(24)17-33-19-28-18-29-33/h2,8-11,18-19,21,23-24H,1,3-7,12-17H2,(H,30,34)/t21?,23-,24?/m1/s1. The van der Waals surface area contributed by atoms with E-state index in [1.165, 1.54) is 38.2 Å². The Morgan fingerprint density at radius 1 is 1.11 bits per heavy atom. The number of nitrogens with zero attached hydrogens (tertiary/aromatic N) is 5. The van der Waals surface area contributed by atoms with Crippen LogP contribution in [0.5, 0.6) is 0 Å². The number of aromatic nitrogens is 3. The molecule has 1 aliphatic heterocycles. The highest BCUT2D eigenvalue weighted by molar-refractivity contribution is 6.30. The molecule has 1 aliphatic carbocycles. The number of benzene rings is 1. The van der Waals surface area contributed by atoms with Gasteiger partial charge in [0.25, 0.3) is 0 Å². The van der Waals surface area contributed by atoms with Gasteiger partial charge in [-0.3, -0.25) is 19.2 Å². The van der Waals surface area contributed by atoms with Crippen LogP contribution >= 0.6 is 11.6 Å².